The van der Waals surface area contributed by atoms with Crippen molar-refractivity contribution in [3.05, 3.63) is 65.2 Å². The maximum atomic E-state index is 11.2. The van der Waals surface area contributed by atoms with Crippen LogP contribution < -0.4 is 4.74 Å². The summed E-state index contributed by atoms with van der Waals surface area (Å²) < 4.78 is 5.28. The third-order valence-corrected chi connectivity index (χ3v) is 4.66. The lowest BCUT2D eigenvalue weighted by Crippen LogP contribution is -2.26. The second-order valence-electron chi connectivity index (χ2n) is 6.02. The van der Waals surface area contributed by atoms with Gasteiger partial charge in [-0.25, -0.2) is 0 Å². The SMILES string of the molecule is COc1cccc(C(C)(O)c2ccccc2C2CCC2)c1. The van der Waals surface area contributed by atoms with Crippen molar-refractivity contribution < 1.29 is 9.84 Å². The van der Waals surface area contributed by atoms with Crippen LogP contribution in [-0.4, -0.2) is 12.2 Å². The fourth-order valence-corrected chi connectivity index (χ4v) is 3.10. The molecule has 110 valence electrons. The molecule has 2 aromatic rings. The van der Waals surface area contributed by atoms with Crippen LogP contribution in [0.3, 0.4) is 0 Å². The number of methoxy groups -OCH3 is 1. The van der Waals surface area contributed by atoms with Gasteiger partial charge in [0.15, 0.2) is 0 Å². The van der Waals surface area contributed by atoms with Crippen molar-refractivity contribution in [3.63, 3.8) is 0 Å². The van der Waals surface area contributed by atoms with Crippen LogP contribution in [0.2, 0.25) is 0 Å². The lowest BCUT2D eigenvalue weighted by atomic mass is 9.74. The third kappa shape index (κ3) is 2.56. The Labute approximate surface area is 126 Å². The molecule has 21 heavy (non-hydrogen) atoms. The van der Waals surface area contributed by atoms with Crippen LogP contribution in [0.4, 0.5) is 0 Å². The van der Waals surface area contributed by atoms with Crippen molar-refractivity contribution in [1.29, 1.82) is 0 Å². The first-order chi connectivity index (χ1) is 10.1. The van der Waals surface area contributed by atoms with E-state index in [1.54, 1.807) is 7.11 Å². The predicted octanol–water partition coefficient (Wildman–Crippen LogP) is 4.22. The van der Waals surface area contributed by atoms with Crippen molar-refractivity contribution in [2.24, 2.45) is 0 Å². The summed E-state index contributed by atoms with van der Waals surface area (Å²) in [4.78, 5) is 0. The summed E-state index contributed by atoms with van der Waals surface area (Å²) in [6.07, 6.45) is 3.75. The molecule has 0 aromatic heterocycles. The van der Waals surface area contributed by atoms with E-state index < -0.39 is 5.60 Å². The molecule has 1 aliphatic carbocycles. The van der Waals surface area contributed by atoms with Crippen molar-refractivity contribution in [2.75, 3.05) is 7.11 Å². The van der Waals surface area contributed by atoms with E-state index in [-0.39, 0.29) is 0 Å². The van der Waals surface area contributed by atoms with E-state index in [0.29, 0.717) is 5.92 Å². The van der Waals surface area contributed by atoms with Gasteiger partial charge in [0.2, 0.25) is 0 Å². The molecule has 1 unspecified atom stereocenters. The summed E-state index contributed by atoms with van der Waals surface area (Å²) in [6, 6.07) is 16.0. The summed E-state index contributed by atoms with van der Waals surface area (Å²) >= 11 is 0. The minimum absolute atomic E-state index is 0.596. The topological polar surface area (TPSA) is 29.5 Å². The maximum Gasteiger partial charge on any atom is 0.119 e. The molecule has 0 aliphatic heterocycles. The molecule has 1 aliphatic rings. The summed E-state index contributed by atoms with van der Waals surface area (Å²) in [5.41, 5.74) is 2.17. The van der Waals surface area contributed by atoms with E-state index in [1.807, 2.05) is 43.3 Å². The molecular weight excluding hydrogens is 260 g/mol. The molecule has 2 nitrogen and oxygen atoms in total. The third-order valence-electron chi connectivity index (χ3n) is 4.66. The van der Waals surface area contributed by atoms with E-state index in [1.165, 1.54) is 24.8 Å². The van der Waals surface area contributed by atoms with Crippen molar-refractivity contribution in [1.82, 2.24) is 0 Å². The van der Waals surface area contributed by atoms with Crippen molar-refractivity contribution >= 4 is 0 Å². The highest BCUT2D eigenvalue weighted by molar-refractivity contribution is 5.44. The van der Waals surface area contributed by atoms with Gasteiger partial charge in [-0.3, -0.25) is 0 Å². The Morgan fingerprint density at radius 3 is 2.52 bits per heavy atom. The molecule has 0 spiro atoms. The Balaban J connectivity index is 2.04. The average molecular weight is 282 g/mol. The molecule has 2 heteroatoms. The number of rotatable bonds is 4. The van der Waals surface area contributed by atoms with Crippen LogP contribution in [0.25, 0.3) is 0 Å². The Bertz CT molecular complexity index is 627. The average Bonchev–Trinajstić information content (AvgIpc) is 2.46. The van der Waals surface area contributed by atoms with Crippen LogP contribution in [0.1, 0.15) is 48.8 Å². The Hall–Kier alpha value is -1.80. The Morgan fingerprint density at radius 1 is 1.10 bits per heavy atom. The lowest BCUT2D eigenvalue weighted by Gasteiger charge is -2.33. The Kier molecular flexibility index (Phi) is 3.73. The van der Waals surface area contributed by atoms with E-state index in [9.17, 15) is 5.11 Å². The number of hydrogen-bond donors (Lipinski definition) is 1. The minimum Gasteiger partial charge on any atom is -0.497 e. The predicted molar refractivity (Wildman–Crippen MR) is 84.7 cm³/mol. The minimum atomic E-state index is -0.999. The molecule has 0 bridgehead atoms. The number of hydrogen-bond acceptors (Lipinski definition) is 2. The first-order valence-corrected chi connectivity index (χ1v) is 7.59. The maximum absolute atomic E-state index is 11.2. The summed E-state index contributed by atoms with van der Waals surface area (Å²) in [7, 11) is 1.65. The van der Waals surface area contributed by atoms with Gasteiger partial charge < -0.3 is 9.84 Å². The van der Waals surface area contributed by atoms with Gasteiger partial charge >= 0.3 is 0 Å². The highest BCUT2D eigenvalue weighted by atomic mass is 16.5. The fraction of sp³-hybridized carbons (Fsp3) is 0.368. The van der Waals surface area contributed by atoms with Crippen LogP contribution in [0, 0.1) is 0 Å². The highest BCUT2D eigenvalue weighted by Crippen LogP contribution is 2.42. The van der Waals surface area contributed by atoms with Gasteiger partial charge in [0.25, 0.3) is 0 Å². The smallest absolute Gasteiger partial charge is 0.119 e. The molecule has 2 aromatic carbocycles. The fourth-order valence-electron chi connectivity index (χ4n) is 3.10. The standard InChI is InChI=1S/C19H22O2/c1-19(20,15-9-6-10-16(13-15)21-2)18-12-4-3-11-17(18)14-7-5-8-14/h3-4,6,9-14,20H,5,7-8H2,1-2H3. The summed E-state index contributed by atoms with van der Waals surface area (Å²) in [5, 5.41) is 11.2. The molecule has 0 radical (unpaired) electrons. The molecule has 0 heterocycles. The van der Waals surface area contributed by atoms with Gasteiger partial charge in [0.05, 0.1) is 7.11 Å². The van der Waals surface area contributed by atoms with Gasteiger partial charge in [0, 0.05) is 0 Å². The van der Waals surface area contributed by atoms with E-state index in [0.717, 1.165) is 16.9 Å². The molecule has 1 saturated carbocycles. The van der Waals surface area contributed by atoms with Crippen molar-refractivity contribution in [3.8, 4) is 5.75 Å². The summed E-state index contributed by atoms with van der Waals surface area (Å²) in [5.74, 6) is 1.37. The van der Waals surface area contributed by atoms with Gasteiger partial charge in [0.1, 0.15) is 11.4 Å². The van der Waals surface area contributed by atoms with Gasteiger partial charge in [-0.05, 0) is 54.5 Å². The normalized spacial score (nSPS) is 17.9. The highest BCUT2D eigenvalue weighted by Gasteiger charge is 2.32. The number of benzene rings is 2. The van der Waals surface area contributed by atoms with Crippen LogP contribution in [-0.2, 0) is 5.60 Å². The Morgan fingerprint density at radius 2 is 1.86 bits per heavy atom. The molecule has 1 N–H and O–H groups in total. The molecule has 0 saturated heterocycles. The van der Waals surface area contributed by atoms with Crippen LogP contribution in [0.5, 0.6) is 5.75 Å². The number of aliphatic hydroxyl groups is 1. The molecule has 1 atom stereocenters. The molecule has 0 amide bonds. The van der Waals surface area contributed by atoms with Gasteiger partial charge in [-0.1, -0.05) is 42.8 Å². The molecular formula is C19H22O2. The zero-order valence-electron chi connectivity index (χ0n) is 12.7. The van der Waals surface area contributed by atoms with Gasteiger partial charge in [-0.15, -0.1) is 0 Å². The van der Waals surface area contributed by atoms with E-state index in [2.05, 4.69) is 12.1 Å². The van der Waals surface area contributed by atoms with Gasteiger partial charge in [-0.2, -0.15) is 0 Å². The van der Waals surface area contributed by atoms with Crippen LogP contribution >= 0.6 is 0 Å². The van der Waals surface area contributed by atoms with Crippen LogP contribution in [0.15, 0.2) is 48.5 Å². The molecule has 1 fully saturated rings. The molecule has 3 rings (SSSR count). The first-order valence-electron chi connectivity index (χ1n) is 7.59. The van der Waals surface area contributed by atoms with E-state index in [4.69, 9.17) is 4.74 Å². The first kappa shape index (κ1) is 14.2. The largest absolute Gasteiger partial charge is 0.497 e. The second-order valence-corrected chi connectivity index (χ2v) is 6.02. The zero-order chi connectivity index (χ0) is 14.9. The zero-order valence-corrected chi connectivity index (χ0v) is 12.7. The monoisotopic (exact) mass is 282 g/mol. The van der Waals surface area contributed by atoms with Crippen molar-refractivity contribution in [2.45, 2.75) is 37.7 Å². The lowest BCUT2D eigenvalue weighted by molar-refractivity contribution is 0.0998. The second kappa shape index (κ2) is 5.53. The van der Waals surface area contributed by atoms with E-state index >= 15 is 0 Å². The summed E-state index contributed by atoms with van der Waals surface area (Å²) in [6.45, 7) is 1.87. The quantitative estimate of drug-likeness (QED) is 0.910. The number of ether oxygens (including phenoxy) is 1.